The van der Waals surface area contributed by atoms with Crippen LogP contribution in [0.5, 0.6) is 0 Å². The zero-order valence-corrected chi connectivity index (χ0v) is 19.7. The van der Waals surface area contributed by atoms with Gasteiger partial charge in [-0.1, -0.05) is 17.7 Å². The molecule has 10 heteroatoms. The molecule has 0 saturated carbocycles. The lowest BCUT2D eigenvalue weighted by Crippen LogP contribution is -2.23. The molecule has 0 aliphatic heterocycles. The summed E-state index contributed by atoms with van der Waals surface area (Å²) in [5.41, 5.74) is 4.02. The fourth-order valence-corrected chi connectivity index (χ4v) is 4.20. The van der Waals surface area contributed by atoms with E-state index in [1.807, 2.05) is 24.3 Å². The van der Waals surface area contributed by atoms with Crippen molar-refractivity contribution in [1.29, 1.82) is 0 Å². The van der Waals surface area contributed by atoms with Crippen molar-refractivity contribution in [2.45, 2.75) is 26.1 Å². The molecule has 1 N–H and O–H groups in total. The summed E-state index contributed by atoms with van der Waals surface area (Å²) in [5, 5.41) is 4.12. The van der Waals surface area contributed by atoms with Crippen LogP contribution in [0.3, 0.4) is 0 Å². The first-order valence-corrected chi connectivity index (χ1v) is 11.4. The molecule has 4 aromatic heterocycles. The average Bonchev–Trinajstić information content (AvgIpc) is 3.20. The Morgan fingerprint density at radius 1 is 1.08 bits per heavy atom. The first kappa shape index (κ1) is 23.7. The van der Waals surface area contributed by atoms with Gasteiger partial charge in [0, 0.05) is 41.7 Å². The number of hydrogen-bond acceptors (Lipinski definition) is 4. The number of rotatable bonds is 5. The van der Waals surface area contributed by atoms with Crippen molar-refractivity contribution in [1.82, 2.24) is 24.7 Å². The number of aromatic nitrogens is 4. The molecular formula is C26H19ClF3N5O. The van der Waals surface area contributed by atoms with E-state index in [1.165, 1.54) is 12.4 Å². The number of alkyl halides is 3. The third-order valence-corrected chi connectivity index (χ3v) is 5.93. The SMILES string of the molecule is Cc1ccn2c(C(F)(F)F)nc(CNC(=O)c3ccnc(Cc4ccc5ncc(Cl)cc5c4)c3)c2c1. The van der Waals surface area contributed by atoms with Crippen molar-refractivity contribution < 1.29 is 18.0 Å². The maximum Gasteiger partial charge on any atom is 0.450 e. The number of nitrogens with one attached hydrogen (secondary N) is 1. The molecule has 5 aromatic rings. The zero-order chi connectivity index (χ0) is 25.4. The van der Waals surface area contributed by atoms with E-state index in [0.717, 1.165) is 26.4 Å². The molecule has 5 rings (SSSR count). The Morgan fingerprint density at radius 3 is 2.72 bits per heavy atom. The number of pyridine rings is 3. The zero-order valence-electron chi connectivity index (χ0n) is 19.0. The number of fused-ring (bicyclic) bond motifs is 2. The molecule has 1 aromatic carbocycles. The van der Waals surface area contributed by atoms with Crippen LogP contribution in [-0.2, 0) is 19.1 Å². The lowest BCUT2D eigenvalue weighted by atomic mass is 10.0. The van der Waals surface area contributed by atoms with E-state index < -0.39 is 17.9 Å². The van der Waals surface area contributed by atoms with E-state index in [2.05, 4.69) is 20.3 Å². The van der Waals surface area contributed by atoms with Gasteiger partial charge in [0.2, 0.25) is 5.82 Å². The minimum atomic E-state index is -4.62. The van der Waals surface area contributed by atoms with Crippen molar-refractivity contribution in [3.63, 3.8) is 0 Å². The van der Waals surface area contributed by atoms with E-state index in [1.54, 1.807) is 37.4 Å². The highest BCUT2D eigenvalue weighted by Crippen LogP contribution is 2.30. The highest BCUT2D eigenvalue weighted by Gasteiger charge is 2.37. The summed E-state index contributed by atoms with van der Waals surface area (Å²) in [5.74, 6) is -1.46. The smallest absolute Gasteiger partial charge is 0.346 e. The van der Waals surface area contributed by atoms with Crippen molar-refractivity contribution in [2.24, 2.45) is 0 Å². The Balaban J connectivity index is 1.34. The number of amides is 1. The number of benzene rings is 1. The van der Waals surface area contributed by atoms with Crippen LogP contribution in [0.25, 0.3) is 16.4 Å². The highest BCUT2D eigenvalue weighted by molar-refractivity contribution is 6.31. The standard InChI is InChI=1S/C26H19ClF3N5O/c1-15-5-7-35-23(8-15)22(34-25(35)26(28,29)30)14-33-24(36)17-4-6-31-20(12-17)10-16-2-3-21-18(9-16)11-19(27)13-32-21/h2-9,11-13H,10,14H2,1H3,(H,33,36). The Kier molecular flexibility index (Phi) is 6.09. The van der Waals surface area contributed by atoms with E-state index in [4.69, 9.17) is 11.6 Å². The van der Waals surface area contributed by atoms with Crippen LogP contribution in [-0.4, -0.2) is 25.3 Å². The van der Waals surface area contributed by atoms with Gasteiger partial charge in [0.05, 0.1) is 28.3 Å². The van der Waals surface area contributed by atoms with E-state index in [9.17, 15) is 18.0 Å². The largest absolute Gasteiger partial charge is 0.450 e. The molecule has 0 atom stereocenters. The molecule has 0 spiro atoms. The molecule has 0 fully saturated rings. The molecular weight excluding hydrogens is 491 g/mol. The second-order valence-electron chi connectivity index (χ2n) is 8.42. The molecule has 36 heavy (non-hydrogen) atoms. The monoisotopic (exact) mass is 509 g/mol. The number of nitrogens with zero attached hydrogens (tertiary/aromatic N) is 4. The minimum Gasteiger partial charge on any atom is -0.346 e. The summed E-state index contributed by atoms with van der Waals surface area (Å²) in [6.45, 7) is 1.62. The summed E-state index contributed by atoms with van der Waals surface area (Å²) in [7, 11) is 0. The first-order chi connectivity index (χ1) is 17.2. The second kappa shape index (κ2) is 9.23. The lowest BCUT2D eigenvalue weighted by Gasteiger charge is -2.07. The number of halogens is 4. The normalized spacial score (nSPS) is 11.8. The molecule has 0 bridgehead atoms. The fraction of sp³-hybridized carbons (Fsp3) is 0.154. The van der Waals surface area contributed by atoms with Crippen molar-refractivity contribution >= 4 is 33.9 Å². The van der Waals surface area contributed by atoms with Gasteiger partial charge in [-0.2, -0.15) is 13.2 Å². The number of hydrogen-bond donors (Lipinski definition) is 1. The third kappa shape index (κ3) is 4.87. The summed E-state index contributed by atoms with van der Waals surface area (Å²) < 4.78 is 41.3. The fourth-order valence-electron chi connectivity index (χ4n) is 4.04. The first-order valence-electron chi connectivity index (χ1n) is 11.0. The molecule has 0 unspecified atom stereocenters. The quantitative estimate of drug-likeness (QED) is 0.326. The Hall–Kier alpha value is -3.98. The molecule has 0 aliphatic carbocycles. The van der Waals surface area contributed by atoms with Crippen molar-refractivity contribution in [3.05, 3.63) is 106 Å². The van der Waals surface area contributed by atoms with Crippen LogP contribution < -0.4 is 5.32 Å². The van der Waals surface area contributed by atoms with E-state index in [0.29, 0.717) is 28.2 Å². The maximum atomic E-state index is 13.4. The molecule has 4 heterocycles. The maximum absolute atomic E-state index is 13.4. The second-order valence-corrected chi connectivity index (χ2v) is 8.85. The highest BCUT2D eigenvalue weighted by atomic mass is 35.5. The molecule has 0 aliphatic rings. The van der Waals surface area contributed by atoms with Gasteiger partial charge in [-0.05, 0) is 60.5 Å². The lowest BCUT2D eigenvalue weighted by molar-refractivity contribution is -0.145. The predicted octanol–water partition coefficient (Wildman–Crippen LogP) is 5.78. The van der Waals surface area contributed by atoms with Gasteiger partial charge >= 0.3 is 6.18 Å². The minimum absolute atomic E-state index is 0.136. The van der Waals surface area contributed by atoms with E-state index in [-0.39, 0.29) is 12.2 Å². The van der Waals surface area contributed by atoms with Gasteiger partial charge < -0.3 is 5.32 Å². The molecule has 1 amide bonds. The van der Waals surface area contributed by atoms with Gasteiger partial charge in [0.1, 0.15) is 0 Å². The molecule has 6 nitrogen and oxygen atoms in total. The van der Waals surface area contributed by atoms with Crippen LogP contribution in [0, 0.1) is 6.92 Å². The number of carbonyl (C=O) groups is 1. The number of aryl methyl sites for hydroxylation is 1. The van der Waals surface area contributed by atoms with Gasteiger partial charge in [0.15, 0.2) is 0 Å². The van der Waals surface area contributed by atoms with Gasteiger partial charge in [-0.15, -0.1) is 0 Å². The third-order valence-electron chi connectivity index (χ3n) is 5.72. The van der Waals surface area contributed by atoms with Gasteiger partial charge in [-0.25, -0.2) is 4.98 Å². The Labute approximate surface area is 208 Å². The van der Waals surface area contributed by atoms with Crippen molar-refractivity contribution in [3.8, 4) is 0 Å². The van der Waals surface area contributed by atoms with E-state index >= 15 is 0 Å². The predicted molar refractivity (Wildman–Crippen MR) is 130 cm³/mol. The van der Waals surface area contributed by atoms with Crippen molar-refractivity contribution in [2.75, 3.05) is 0 Å². The number of imidazole rings is 1. The molecule has 182 valence electrons. The molecule has 0 saturated heterocycles. The van der Waals surface area contributed by atoms with Crippen LogP contribution in [0.2, 0.25) is 5.02 Å². The summed E-state index contributed by atoms with van der Waals surface area (Å²) in [6.07, 6.45) is 0.303. The summed E-state index contributed by atoms with van der Waals surface area (Å²) in [6, 6.07) is 14.0. The van der Waals surface area contributed by atoms with Crippen LogP contribution in [0.4, 0.5) is 13.2 Å². The Morgan fingerprint density at radius 2 is 1.92 bits per heavy atom. The summed E-state index contributed by atoms with van der Waals surface area (Å²) >= 11 is 6.04. The van der Waals surface area contributed by atoms with Crippen LogP contribution >= 0.6 is 11.6 Å². The summed E-state index contributed by atoms with van der Waals surface area (Å²) in [4.78, 5) is 25.2. The Bertz CT molecular complexity index is 1610. The van der Waals surface area contributed by atoms with Crippen LogP contribution in [0.15, 0.2) is 67.1 Å². The average molecular weight is 510 g/mol. The van der Waals surface area contributed by atoms with Gasteiger partial charge in [-0.3, -0.25) is 19.2 Å². The van der Waals surface area contributed by atoms with Crippen LogP contribution in [0.1, 0.15) is 38.7 Å². The number of carbonyl (C=O) groups excluding carboxylic acids is 1. The topological polar surface area (TPSA) is 72.2 Å². The van der Waals surface area contributed by atoms with Gasteiger partial charge in [0.25, 0.3) is 5.91 Å². The molecule has 0 radical (unpaired) electrons.